The molecular weight excluding hydrogens is 426 g/mol. The van der Waals surface area contributed by atoms with E-state index >= 15 is 0 Å². The first kappa shape index (κ1) is 23.5. The molecule has 0 atom stereocenters. The molecule has 170 valence electrons. The molecule has 0 aliphatic carbocycles. The molecular formula is C25H30ClN3O3. The Balaban J connectivity index is 1.78. The Kier molecular flexibility index (Phi) is 8.06. The molecule has 32 heavy (non-hydrogen) atoms. The topological polar surface area (TPSA) is 55.7 Å². The molecule has 1 aromatic heterocycles. The Hall–Kier alpha value is -3.12. The largest absolute Gasteiger partial charge is 0.497 e. The number of nitrogens with zero attached hydrogens (tertiary/aromatic N) is 2. The van der Waals surface area contributed by atoms with Crippen LogP contribution < -0.4 is 14.8 Å². The van der Waals surface area contributed by atoms with Crippen LogP contribution in [0.5, 0.6) is 11.5 Å². The van der Waals surface area contributed by atoms with Crippen molar-refractivity contribution >= 4 is 23.3 Å². The van der Waals surface area contributed by atoms with E-state index in [0.29, 0.717) is 47.8 Å². The second-order valence-electron chi connectivity index (χ2n) is 8.03. The van der Waals surface area contributed by atoms with Gasteiger partial charge in [0.15, 0.2) is 0 Å². The van der Waals surface area contributed by atoms with E-state index in [9.17, 15) is 4.79 Å². The van der Waals surface area contributed by atoms with Crippen LogP contribution in [0.1, 0.15) is 25.1 Å². The van der Waals surface area contributed by atoms with E-state index in [1.54, 1.807) is 32.4 Å². The fraction of sp³-hybridized carbons (Fsp3) is 0.320. The molecule has 0 spiro atoms. The van der Waals surface area contributed by atoms with E-state index in [4.69, 9.17) is 21.1 Å². The summed E-state index contributed by atoms with van der Waals surface area (Å²) in [6.07, 6.45) is 2.02. The highest BCUT2D eigenvalue weighted by Gasteiger charge is 2.19. The van der Waals surface area contributed by atoms with Crippen LogP contribution >= 0.6 is 11.6 Å². The number of ether oxygens (including phenoxy) is 2. The summed E-state index contributed by atoms with van der Waals surface area (Å²) in [6.45, 7) is 5.98. The van der Waals surface area contributed by atoms with Gasteiger partial charge in [0.2, 0.25) is 0 Å². The highest BCUT2D eigenvalue weighted by Crippen LogP contribution is 2.29. The first-order valence-electron chi connectivity index (χ1n) is 10.6. The maximum absolute atomic E-state index is 13.2. The number of amides is 2. The molecule has 1 heterocycles. The molecule has 1 N–H and O–H groups in total. The van der Waals surface area contributed by atoms with E-state index in [0.717, 1.165) is 11.3 Å². The van der Waals surface area contributed by atoms with Gasteiger partial charge >= 0.3 is 6.03 Å². The van der Waals surface area contributed by atoms with E-state index in [1.807, 2.05) is 47.5 Å². The van der Waals surface area contributed by atoms with E-state index in [2.05, 4.69) is 23.7 Å². The molecule has 0 radical (unpaired) electrons. The second kappa shape index (κ2) is 11.0. The molecule has 3 aromatic rings. The van der Waals surface area contributed by atoms with Crippen LogP contribution in [0.15, 0.2) is 60.8 Å². The molecule has 2 amide bonds. The summed E-state index contributed by atoms with van der Waals surface area (Å²) in [5, 5.41) is 3.70. The van der Waals surface area contributed by atoms with Gasteiger partial charge in [-0.2, -0.15) is 0 Å². The molecule has 0 saturated heterocycles. The van der Waals surface area contributed by atoms with Gasteiger partial charge in [-0.1, -0.05) is 37.6 Å². The van der Waals surface area contributed by atoms with Crippen molar-refractivity contribution in [2.75, 3.05) is 26.1 Å². The summed E-state index contributed by atoms with van der Waals surface area (Å²) >= 11 is 6.14. The quantitative estimate of drug-likeness (QED) is 0.437. The van der Waals surface area contributed by atoms with Crippen LogP contribution in [0.2, 0.25) is 5.02 Å². The molecule has 0 aliphatic heterocycles. The molecule has 6 nitrogen and oxygen atoms in total. The third kappa shape index (κ3) is 6.20. The number of nitrogens with one attached hydrogen (secondary N) is 1. The minimum atomic E-state index is -0.183. The summed E-state index contributed by atoms with van der Waals surface area (Å²) in [6, 6.07) is 17.0. The van der Waals surface area contributed by atoms with Crippen LogP contribution in [-0.4, -0.2) is 36.3 Å². The number of carbonyl (C=O) groups is 1. The van der Waals surface area contributed by atoms with Crippen LogP contribution in [0.4, 0.5) is 10.5 Å². The Morgan fingerprint density at radius 2 is 1.91 bits per heavy atom. The monoisotopic (exact) mass is 455 g/mol. The van der Waals surface area contributed by atoms with Crippen molar-refractivity contribution in [2.24, 2.45) is 5.92 Å². The number of hydrogen-bond donors (Lipinski definition) is 1. The maximum Gasteiger partial charge on any atom is 0.322 e. The second-order valence-corrected chi connectivity index (χ2v) is 8.46. The average molecular weight is 456 g/mol. The van der Waals surface area contributed by atoms with Crippen molar-refractivity contribution in [1.82, 2.24) is 9.47 Å². The molecule has 3 rings (SSSR count). The summed E-state index contributed by atoms with van der Waals surface area (Å²) in [4.78, 5) is 15.0. The minimum Gasteiger partial charge on any atom is -0.497 e. The van der Waals surface area contributed by atoms with Gasteiger partial charge in [-0.15, -0.1) is 0 Å². The van der Waals surface area contributed by atoms with Gasteiger partial charge in [-0.3, -0.25) is 0 Å². The third-order valence-corrected chi connectivity index (χ3v) is 5.28. The number of anilines is 1. The summed E-state index contributed by atoms with van der Waals surface area (Å²) in [5.74, 6) is 1.53. The number of aromatic nitrogens is 1. The SMILES string of the molecule is COc1ccc(NC(=O)N(Cc2cccn2Cc2cccc(Cl)c2)CC(C)C)c(OC)c1. The fourth-order valence-electron chi connectivity index (χ4n) is 3.53. The minimum absolute atomic E-state index is 0.183. The lowest BCUT2D eigenvalue weighted by Gasteiger charge is -2.26. The van der Waals surface area contributed by atoms with E-state index < -0.39 is 0 Å². The van der Waals surface area contributed by atoms with Gasteiger partial charge in [-0.05, 0) is 47.9 Å². The standard InChI is InChI=1S/C25H30ClN3O3/c1-18(2)15-29(25(30)27-23-11-10-22(31-3)14-24(23)32-4)17-21-9-6-12-28(21)16-19-7-5-8-20(26)13-19/h5-14,18H,15-17H2,1-4H3,(H,27,30). The molecule has 0 fully saturated rings. The van der Waals surface area contributed by atoms with Gasteiger partial charge in [0, 0.05) is 36.1 Å². The van der Waals surface area contributed by atoms with Crippen LogP contribution in [0.3, 0.4) is 0 Å². The molecule has 0 unspecified atom stereocenters. The van der Waals surface area contributed by atoms with Gasteiger partial charge < -0.3 is 24.3 Å². The van der Waals surface area contributed by atoms with Crippen LogP contribution in [-0.2, 0) is 13.1 Å². The van der Waals surface area contributed by atoms with Gasteiger partial charge in [0.25, 0.3) is 0 Å². The normalized spacial score (nSPS) is 10.8. The summed E-state index contributed by atoms with van der Waals surface area (Å²) in [5.41, 5.74) is 2.75. The van der Waals surface area contributed by atoms with E-state index in [1.165, 1.54) is 0 Å². The zero-order valence-electron chi connectivity index (χ0n) is 19.0. The summed E-state index contributed by atoms with van der Waals surface area (Å²) in [7, 11) is 3.16. The number of methoxy groups -OCH3 is 2. The number of benzene rings is 2. The predicted octanol–water partition coefficient (Wildman–Crippen LogP) is 5.90. The highest BCUT2D eigenvalue weighted by atomic mass is 35.5. The van der Waals surface area contributed by atoms with Crippen molar-refractivity contribution < 1.29 is 14.3 Å². The Morgan fingerprint density at radius 1 is 1.09 bits per heavy atom. The number of urea groups is 1. The van der Waals surface area contributed by atoms with Crippen molar-refractivity contribution in [3.05, 3.63) is 77.1 Å². The Morgan fingerprint density at radius 3 is 2.59 bits per heavy atom. The molecule has 0 saturated carbocycles. The first-order valence-corrected chi connectivity index (χ1v) is 10.9. The van der Waals surface area contributed by atoms with Crippen molar-refractivity contribution in [3.8, 4) is 11.5 Å². The van der Waals surface area contributed by atoms with Gasteiger partial charge in [0.1, 0.15) is 11.5 Å². The molecule has 0 bridgehead atoms. The molecule has 2 aromatic carbocycles. The third-order valence-electron chi connectivity index (χ3n) is 5.04. The zero-order chi connectivity index (χ0) is 23.1. The number of halogens is 1. The molecule has 0 aliphatic rings. The van der Waals surface area contributed by atoms with Crippen molar-refractivity contribution in [3.63, 3.8) is 0 Å². The van der Waals surface area contributed by atoms with Crippen molar-refractivity contribution in [1.29, 1.82) is 0 Å². The lowest BCUT2D eigenvalue weighted by atomic mass is 10.2. The van der Waals surface area contributed by atoms with Crippen molar-refractivity contribution in [2.45, 2.75) is 26.9 Å². The lowest BCUT2D eigenvalue weighted by molar-refractivity contribution is 0.200. The highest BCUT2D eigenvalue weighted by molar-refractivity contribution is 6.30. The fourth-order valence-corrected chi connectivity index (χ4v) is 3.74. The van der Waals surface area contributed by atoms with Gasteiger partial charge in [0.05, 0.1) is 26.5 Å². The Labute approximate surface area is 194 Å². The number of hydrogen-bond acceptors (Lipinski definition) is 3. The average Bonchev–Trinajstić information content (AvgIpc) is 3.19. The van der Waals surface area contributed by atoms with Gasteiger partial charge in [-0.25, -0.2) is 4.79 Å². The van der Waals surface area contributed by atoms with Crippen LogP contribution in [0.25, 0.3) is 0 Å². The smallest absolute Gasteiger partial charge is 0.322 e. The lowest BCUT2D eigenvalue weighted by Crippen LogP contribution is -2.37. The van der Waals surface area contributed by atoms with Crippen LogP contribution in [0, 0.1) is 5.92 Å². The maximum atomic E-state index is 13.2. The first-order chi connectivity index (χ1) is 15.4. The van der Waals surface area contributed by atoms with E-state index in [-0.39, 0.29) is 6.03 Å². The zero-order valence-corrected chi connectivity index (χ0v) is 19.7. The molecule has 7 heteroatoms. The number of rotatable bonds is 9. The predicted molar refractivity (Wildman–Crippen MR) is 129 cm³/mol. The number of carbonyl (C=O) groups excluding carboxylic acids is 1. The Bertz CT molecular complexity index is 1050. The summed E-state index contributed by atoms with van der Waals surface area (Å²) < 4.78 is 12.8.